The molecular formula is C21H21N7O3. The standard InChI is InChI=1S/C21H21N7O3/c1-26(2)17-8-15(13-7-18(30-3)20(31-4)23-9-13)25-16-12-28(21(29)19(16)17)14-10-24-27(11-14)6-5-22/h7-12,29H,6H2,1-4H3. The lowest BCUT2D eigenvalue weighted by molar-refractivity contribution is 0.343. The maximum atomic E-state index is 11.0. The molecule has 4 aromatic heterocycles. The van der Waals surface area contributed by atoms with E-state index in [0.29, 0.717) is 33.9 Å². The Morgan fingerprint density at radius 3 is 2.65 bits per heavy atom. The van der Waals surface area contributed by atoms with Gasteiger partial charge in [-0.3, -0.25) is 9.25 Å². The molecule has 0 saturated carbocycles. The third-order valence-electron chi connectivity index (χ3n) is 4.87. The van der Waals surface area contributed by atoms with Crippen LogP contribution in [0.5, 0.6) is 17.5 Å². The lowest BCUT2D eigenvalue weighted by Crippen LogP contribution is -2.09. The molecule has 0 saturated heterocycles. The smallest absolute Gasteiger partial charge is 0.256 e. The molecule has 0 aliphatic carbocycles. The Morgan fingerprint density at radius 2 is 1.97 bits per heavy atom. The van der Waals surface area contributed by atoms with Gasteiger partial charge in [0.1, 0.15) is 6.54 Å². The summed E-state index contributed by atoms with van der Waals surface area (Å²) in [5.41, 5.74) is 3.43. The van der Waals surface area contributed by atoms with Crippen LogP contribution in [0.1, 0.15) is 0 Å². The predicted octanol–water partition coefficient (Wildman–Crippen LogP) is 2.60. The van der Waals surface area contributed by atoms with Gasteiger partial charge in [-0.1, -0.05) is 0 Å². The van der Waals surface area contributed by atoms with Gasteiger partial charge in [0.2, 0.25) is 5.88 Å². The highest BCUT2D eigenvalue weighted by Gasteiger charge is 2.19. The van der Waals surface area contributed by atoms with Crippen molar-refractivity contribution >= 4 is 16.6 Å². The summed E-state index contributed by atoms with van der Waals surface area (Å²) in [7, 11) is 6.87. The van der Waals surface area contributed by atoms with E-state index in [1.807, 2.05) is 37.2 Å². The Labute approximate surface area is 178 Å². The second-order valence-corrected chi connectivity index (χ2v) is 6.99. The van der Waals surface area contributed by atoms with Crippen LogP contribution in [0.25, 0.3) is 27.8 Å². The zero-order chi connectivity index (χ0) is 22.1. The molecule has 0 fully saturated rings. The van der Waals surface area contributed by atoms with Crippen molar-refractivity contribution in [1.29, 1.82) is 5.26 Å². The van der Waals surface area contributed by atoms with Crippen molar-refractivity contribution in [2.75, 3.05) is 33.2 Å². The lowest BCUT2D eigenvalue weighted by Gasteiger charge is -2.16. The summed E-state index contributed by atoms with van der Waals surface area (Å²) in [5.74, 6) is 0.927. The van der Waals surface area contributed by atoms with E-state index in [2.05, 4.69) is 10.1 Å². The molecule has 0 aliphatic heterocycles. The van der Waals surface area contributed by atoms with E-state index in [9.17, 15) is 5.11 Å². The molecule has 4 rings (SSSR count). The van der Waals surface area contributed by atoms with E-state index in [4.69, 9.17) is 19.7 Å². The van der Waals surface area contributed by atoms with E-state index in [1.165, 1.54) is 11.8 Å². The lowest BCUT2D eigenvalue weighted by atomic mass is 10.1. The number of methoxy groups -OCH3 is 2. The summed E-state index contributed by atoms with van der Waals surface area (Å²) in [4.78, 5) is 11.0. The highest BCUT2D eigenvalue weighted by Crippen LogP contribution is 2.39. The van der Waals surface area contributed by atoms with Gasteiger partial charge in [0.15, 0.2) is 5.75 Å². The van der Waals surface area contributed by atoms with Gasteiger partial charge in [-0.2, -0.15) is 10.4 Å². The second-order valence-electron chi connectivity index (χ2n) is 6.99. The molecule has 158 valence electrons. The van der Waals surface area contributed by atoms with Crippen LogP contribution in [0.15, 0.2) is 36.9 Å². The number of ether oxygens (including phenoxy) is 2. The highest BCUT2D eigenvalue weighted by molar-refractivity contribution is 5.99. The molecular weight excluding hydrogens is 398 g/mol. The van der Waals surface area contributed by atoms with Crippen LogP contribution in [-0.4, -0.2) is 57.7 Å². The summed E-state index contributed by atoms with van der Waals surface area (Å²) < 4.78 is 13.7. The maximum absolute atomic E-state index is 11.0. The Hall–Kier alpha value is -4.26. The van der Waals surface area contributed by atoms with Crippen LogP contribution < -0.4 is 14.4 Å². The number of hydrogen-bond donors (Lipinski definition) is 1. The van der Waals surface area contributed by atoms with Gasteiger partial charge in [0.05, 0.1) is 60.7 Å². The maximum Gasteiger partial charge on any atom is 0.256 e. The van der Waals surface area contributed by atoms with Gasteiger partial charge in [-0.25, -0.2) is 9.97 Å². The normalized spacial score (nSPS) is 10.8. The topological polar surface area (TPSA) is 114 Å². The van der Waals surface area contributed by atoms with Crippen molar-refractivity contribution in [3.63, 3.8) is 0 Å². The monoisotopic (exact) mass is 419 g/mol. The minimum atomic E-state index is 0.0414. The first-order chi connectivity index (χ1) is 15.0. The van der Waals surface area contributed by atoms with Crippen LogP contribution >= 0.6 is 0 Å². The largest absolute Gasteiger partial charge is 0.494 e. The molecule has 0 spiro atoms. The van der Waals surface area contributed by atoms with Gasteiger partial charge in [0, 0.05) is 32.1 Å². The third kappa shape index (κ3) is 3.46. The number of aromatic hydroxyl groups is 1. The molecule has 0 amide bonds. The average Bonchev–Trinajstić information content (AvgIpc) is 3.37. The number of rotatable bonds is 6. The average molecular weight is 419 g/mol. The van der Waals surface area contributed by atoms with Crippen molar-refractivity contribution in [3.05, 3.63) is 36.9 Å². The summed E-state index contributed by atoms with van der Waals surface area (Å²) in [5, 5.41) is 24.6. The van der Waals surface area contributed by atoms with E-state index >= 15 is 0 Å². The van der Waals surface area contributed by atoms with Crippen LogP contribution in [0, 0.1) is 11.3 Å². The van der Waals surface area contributed by atoms with Crippen LogP contribution in [0.3, 0.4) is 0 Å². The van der Waals surface area contributed by atoms with E-state index in [0.717, 1.165) is 11.3 Å². The molecule has 31 heavy (non-hydrogen) atoms. The van der Waals surface area contributed by atoms with E-state index in [-0.39, 0.29) is 12.4 Å². The summed E-state index contributed by atoms with van der Waals surface area (Å²) in [6.07, 6.45) is 6.68. The number of nitriles is 1. The van der Waals surface area contributed by atoms with Crippen molar-refractivity contribution in [2.45, 2.75) is 6.54 Å². The molecule has 4 aromatic rings. The SMILES string of the molecule is COc1cc(-c2cc(N(C)C)c3c(O)n(-c4cnn(CC#N)c4)cc3n2)cnc1OC. The third-order valence-corrected chi connectivity index (χ3v) is 4.87. The molecule has 0 bridgehead atoms. The van der Waals surface area contributed by atoms with Crippen molar-refractivity contribution < 1.29 is 14.6 Å². The summed E-state index contributed by atoms with van der Waals surface area (Å²) in [6.45, 7) is 0.124. The van der Waals surface area contributed by atoms with Gasteiger partial charge in [0.25, 0.3) is 5.88 Å². The highest BCUT2D eigenvalue weighted by atomic mass is 16.5. The number of fused-ring (bicyclic) bond motifs is 1. The van der Waals surface area contributed by atoms with E-state index < -0.39 is 0 Å². The zero-order valence-electron chi connectivity index (χ0n) is 17.6. The van der Waals surface area contributed by atoms with E-state index in [1.54, 1.807) is 36.5 Å². The van der Waals surface area contributed by atoms with Crippen molar-refractivity contribution in [3.8, 4) is 40.5 Å². The number of hydrogen-bond acceptors (Lipinski definition) is 8. The van der Waals surface area contributed by atoms with Crippen LogP contribution in [0.2, 0.25) is 0 Å². The summed E-state index contributed by atoms with van der Waals surface area (Å²) >= 11 is 0. The Bertz CT molecular complexity index is 1300. The molecule has 1 N–H and O–H groups in total. The fraction of sp³-hybridized carbons (Fsp3) is 0.238. The summed E-state index contributed by atoms with van der Waals surface area (Å²) in [6, 6.07) is 5.73. The number of anilines is 1. The fourth-order valence-corrected chi connectivity index (χ4v) is 3.38. The first-order valence-electron chi connectivity index (χ1n) is 9.37. The second kappa shape index (κ2) is 7.87. The number of pyridine rings is 2. The van der Waals surface area contributed by atoms with Gasteiger partial charge >= 0.3 is 0 Å². The molecule has 10 heteroatoms. The Morgan fingerprint density at radius 1 is 1.16 bits per heavy atom. The quantitative estimate of drug-likeness (QED) is 0.507. The molecule has 0 aromatic carbocycles. The van der Waals surface area contributed by atoms with Gasteiger partial charge < -0.3 is 19.5 Å². The van der Waals surface area contributed by atoms with Crippen molar-refractivity contribution in [1.82, 2.24) is 24.3 Å². The first-order valence-corrected chi connectivity index (χ1v) is 9.37. The van der Waals surface area contributed by atoms with Crippen molar-refractivity contribution in [2.24, 2.45) is 0 Å². The van der Waals surface area contributed by atoms with Crippen LogP contribution in [-0.2, 0) is 6.54 Å². The minimum Gasteiger partial charge on any atom is -0.494 e. The molecule has 0 aliphatic rings. The molecule has 0 atom stereocenters. The molecule has 0 unspecified atom stereocenters. The molecule has 0 radical (unpaired) electrons. The van der Waals surface area contributed by atoms with Crippen LogP contribution in [0.4, 0.5) is 5.69 Å². The molecule has 4 heterocycles. The van der Waals surface area contributed by atoms with Gasteiger partial charge in [-0.05, 0) is 12.1 Å². The zero-order valence-corrected chi connectivity index (χ0v) is 17.6. The predicted molar refractivity (Wildman–Crippen MR) is 115 cm³/mol. The van der Waals surface area contributed by atoms with Gasteiger partial charge in [-0.15, -0.1) is 0 Å². The number of nitrogens with zero attached hydrogens (tertiary/aromatic N) is 7. The minimum absolute atomic E-state index is 0.0414. The number of aromatic nitrogens is 5. The molecule has 10 nitrogen and oxygen atoms in total. The fourth-order valence-electron chi connectivity index (χ4n) is 3.38. The Kier molecular flexibility index (Phi) is 5.09. The Balaban J connectivity index is 1.89. The first kappa shape index (κ1) is 20.0.